The van der Waals surface area contributed by atoms with E-state index in [-0.39, 0.29) is 12.8 Å². The number of anilines is 1. The van der Waals surface area contributed by atoms with Gasteiger partial charge in [-0.2, -0.15) is 0 Å². The number of aliphatic carboxylic acids is 1. The second-order valence-corrected chi connectivity index (χ2v) is 3.74. The summed E-state index contributed by atoms with van der Waals surface area (Å²) in [5.41, 5.74) is 5.36. The van der Waals surface area contributed by atoms with Gasteiger partial charge in [-0.1, -0.05) is 0 Å². The first kappa shape index (κ1) is 14.4. The van der Waals surface area contributed by atoms with Crippen molar-refractivity contribution in [2.45, 2.75) is 18.9 Å². The molecule has 8 nitrogen and oxygen atoms in total. The molecule has 0 spiro atoms. The number of nitrogens with one attached hydrogen (secondary N) is 2. The Morgan fingerprint density at radius 2 is 2.16 bits per heavy atom. The van der Waals surface area contributed by atoms with E-state index in [1.165, 1.54) is 12.4 Å². The van der Waals surface area contributed by atoms with Crippen molar-refractivity contribution in [3.63, 3.8) is 0 Å². The molecule has 0 radical (unpaired) electrons. The van der Waals surface area contributed by atoms with E-state index in [1.807, 2.05) is 0 Å². The highest BCUT2D eigenvalue weighted by Crippen LogP contribution is 2.03. The van der Waals surface area contributed by atoms with Crippen LogP contribution in [0.2, 0.25) is 0 Å². The number of hydrogen-bond acceptors (Lipinski definition) is 4. The number of carboxylic acid groups (broad SMARTS) is 1. The van der Waals surface area contributed by atoms with Crippen molar-refractivity contribution >= 4 is 23.6 Å². The molecule has 0 aliphatic carbocycles. The Balaban J connectivity index is 2.52. The number of rotatable bonds is 6. The lowest BCUT2D eigenvalue weighted by Crippen LogP contribution is -2.43. The Morgan fingerprint density at radius 3 is 2.68 bits per heavy atom. The molecule has 19 heavy (non-hydrogen) atoms. The number of pyridine rings is 1. The zero-order valence-corrected chi connectivity index (χ0v) is 10.00. The van der Waals surface area contributed by atoms with Crippen LogP contribution in [-0.4, -0.2) is 34.0 Å². The topological polar surface area (TPSA) is 134 Å². The number of hydrogen-bond donors (Lipinski definition) is 4. The van der Waals surface area contributed by atoms with Gasteiger partial charge in [-0.25, -0.2) is 9.59 Å². The van der Waals surface area contributed by atoms with E-state index in [2.05, 4.69) is 15.6 Å². The van der Waals surface area contributed by atoms with E-state index >= 15 is 0 Å². The average molecular weight is 266 g/mol. The minimum atomic E-state index is -1.23. The molecule has 0 aliphatic rings. The first-order valence-electron chi connectivity index (χ1n) is 5.47. The van der Waals surface area contributed by atoms with Crippen LogP contribution >= 0.6 is 0 Å². The number of amides is 3. The van der Waals surface area contributed by atoms with Crippen LogP contribution in [0.3, 0.4) is 0 Å². The maximum absolute atomic E-state index is 11.5. The Kier molecular flexibility index (Phi) is 5.27. The quantitative estimate of drug-likeness (QED) is 0.571. The maximum atomic E-state index is 11.5. The number of carbonyl (C=O) groups is 3. The third-order valence-electron chi connectivity index (χ3n) is 2.20. The van der Waals surface area contributed by atoms with Crippen LogP contribution in [0.4, 0.5) is 10.5 Å². The molecule has 1 atom stereocenters. The Bertz CT molecular complexity index is 463. The number of carboxylic acids is 1. The summed E-state index contributed by atoms with van der Waals surface area (Å²) in [6.07, 6.45) is 2.77. The first-order valence-corrected chi connectivity index (χ1v) is 5.47. The summed E-state index contributed by atoms with van der Waals surface area (Å²) in [5.74, 6) is -1.86. The van der Waals surface area contributed by atoms with E-state index in [0.717, 1.165) is 0 Å². The van der Waals surface area contributed by atoms with Crippen LogP contribution < -0.4 is 16.4 Å². The van der Waals surface area contributed by atoms with Gasteiger partial charge < -0.3 is 21.5 Å². The standard InChI is InChI=1S/C11H14N4O4/c12-9(16)4-3-8(10(17)18)15-11(19)14-7-2-1-5-13-6-7/h1-2,5-6,8H,3-4H2,(H2,12,16)(H,17,18)(H2,14,15,19)/t8-/m0/s1. The van der Waals surface area contributed by atoms with Crippen molar-refractivity contribution in [3.05, 3.63) is 24.5 Å². The minimum absolute atomic E-state index is 0.0644. The third-order valence-corrected chi connectivity index (χ3v) is 2.20. The molecule has 102 valence electrons. The van der Waals surface area contributed by atoms with Crippen LogP contribution in [0.25, 0.3) is 0 Å². The summed E-state index contributed by atoms with van der Waals surface area (Å²) in [6, 6.07) is 1.36. The van der Waals surface area contributed by atoms with Gasteiger partial charge in [-0.15, -0.1) is 0 Å². The van der Waals surface area contributed by atoms with Crippen LogP contribution in [0, 0.1) is 0 Å². The van der Waals surface area contributed by atoms with Gasteiger partial charge in [0.15, 0.2) is 0 Å². The van der Waals surface area contributed by atoms with Gasteiger partial charge in [-0.05, 0) is 18.6 Å². The highest BCUT2D eigenvalue weighted by Gasteiger charge is 2.20. The fraction of sp³-hybridized carbons (Fsp3) is 0.273. The second kappa shape index (κ2) is 6.94. The predicted molar refractivity (Wildman–Crippen MR) is 66.2 cm³/mol. The smallest absolute Gasteiger partial charge is 0.326 e. The van der Waals surface area contributed by atoms with E-state index in [1.54, 1.807) is 12.1 Å². The van der Waals surface area contributed by atoms with Crippen molar-refractivity contribution in [3.8, 4) is 0 Å². The molecule has 0 saturated carbocycles. The first-order chi connectivity index (χ1) is 8.99. The van der Waals surface area contributed by atoms with Gasteiger partial charge in [-0.3, -0.25) is 9.78 Å². The van der Waals surface area contributed by atoms with Crippen molar-refractivity contribution in [1.29, 1.82) is 0 Å². The van der Waals surface area contributed by atoms with Crippen LogP contribution in [0.5, 0.6) is 0 Å². The molecular formula is C11H14N4O4. The number of primary amides is 1. The minimum Gasteiger partial charge on any atom is -0.480 e. The summed E-state index contributed by atoms with van der Waals surface area (Å²) in [7, 11) is 0. The largest absolute Gasteiger partial charge is 0.480 e. The van der Waals surface area contributed by atoms with E-state index in [4.69, 9.17) is 10.8 Å². The van der Waals surface area contributed by atoms with Crippen LogP contribution in [-0.2, 0) is 9.59 Å². The molecule has 0 bridgehead atoms. The summed E-state index contributed by atoms with van der Waals surface area (Å²) < 4.78 is 0. The number of aromatic nitrogens is 1. The second-order valence-electron chi connectivity index (χ2n) is 3.74. The highest BCUT2D eigenvalue weighted by atomic mass is 16.4. The molecule has 8 heteroatoms. The van der Waals surface area contributed by atoms with Gasteiger partial charge in [0.2, 0.25) is 5.91 Å². The van der Waals surface area contributed by atoms with Crippen molar-refractivity contribution in [2.24, 2.45) is 5.73 Å². The highest BCUT2D eigenvalue weighted by molar-refractivity contribution is 5.92. The summed E-state index contributed by atoms with van der Waals surface area (Å²) in [5, 5.41) is 13.6. The number of nitrogens with zero attached hydrogens (tertiary/aromatic N) is 1. The number of carbonyl (C=O) groups excluding carboxylic acids is 2. The molecule has 0 saturated heterocycles. The molecular weight excluding hydrogens is 252 g/mol. The molecule has 1 aromatic rings. The molecule has 5 N–H and O–H groups in total. The summed E-state index contributed by atoms with van der Waals surface area (Å²) >= 11 is 0. The maximum Gasteiger partial charge on any atom is 0.326 e. The molecule has 0 aliphatic heterocycles. The molecule has 1 heterocycles. The Morgan fingerprint density at radius 1 is 1.42 bits per heavy atom. The fourth-order valence-corrected chi connectivity index (χ4v) is 1.31. The predicted octanol–water partition coefficient (Wildman–Crippen LogP) is -0.0782. The van der Waals surface area contributed by atoms with E-state index < -0.39 is 23.9 Å². The monoisotopic (exact) mass is 266 g/mol. The molecule has 1 rings (SSSR count). The van der Waals surface area contributed by atoms with Crippen LogP contribution in [0.15, 0.2) is 24.5 Å². The van der Waals surface area contributed by atoms with E-state index in [9.17, 15) is 14.4 Å². The lowest BCUT2D eigenvalue weighted by molar-refractivity contribution is -0.139. The summed E-state index contributed by atoms with van der Waals surface area (Å²) in [6.45, 7) is 0. The molecule has 3 amide bonds. The lowest BCUT2D eigenvalue weighted by atomic mass is 10.1. The van der Waals surface area contributed by atoms with Gasteiger partial charge in [0.25, 0.3) is 0 Å². The average Bonchev–Trinajstić information content (AvgIpc) is 2.35. The van der Waals surface area contributed by atoms with Gasteiger partial charge >= 0.3 is 12.0 Å². The molecule has 0 fully saturated rings. The number of urea groups is 1. The Hall–Kier alpha value is -2.64. The Labute approximate surface area is 109 Å². The fourth-order valence-electron chi connectivity index (χ4n) is 1.31. The van der Waals surface area contributed by atoms with Crippen molar-refractivity contribution in [1.82, 2.24) is 10.3 Å². The van der Waals surface area contributed by atoms with Crippen molar-refractivity contribution < 1.29 is 19.5 Å². The van der Waals surface area contributed by atoms with E-state index in [0.29, 0.717) is 5.69 Å². The van der Waals surface area contributed by atoms with Gasteiger partial charge in [0.05, 0.1) is 11.9 Å². The molecule has 0 aromatic carbocycles. The molecule has 1 aromatic heterocycles. The van der Waals surface area contributed by atoms with Gasteiger partial charge in [0.1, 0.15) is 6.04 Å². The zero-order chi connectivity index (χ0) is 14.3. The lowest BCUT2D eigenvalue weighted by Gasteiger charge is -2.14. The normalized spacial score (nSPS) is 11.4. The molecule has 0 unspecified atom stereocenters. The number of nitrogens with two attached hydrogens (primary N) is 1. The summed E-state index contributed by atoms with van der Waals surface area (Å²) in [4.78, 5) is 36.8. The third kappa shape index (κ3) is 5.48. The zero-order valence-electron chi connectivity index (χ0n) is 10.00. The SMILES string of the molecule is NC(=O)CC[C@H](NC(=O)Nc1cccnc1)C(=O)O. The van der Waals surface area contributed by atoms with Crippen molar-refractivity contribution in [2.75, 3.05) is 5.32 Å². The van der Waals surface area contributed by atoms with Crippen LogP contribution in [0.1, 0.15) is 12.8 Å². The van der Waals surface area contributed by atoms with Gasteiger partial charge in [0, 0.05) is 12.6 Å².